The molecule has 0 unspecified atom stereocenters. The van der Waals surface area contributed by atoms with E-state index >= 15 is 0 Å². The molecule has 0 aliphatic heterocycles. The largest absolute Gasteiger partial charge is 0.396 e. The Kier molecular flexibility index (Phi) is 5.01. The molecule has 0 saturated heterocycles. The van der Waals surface area contributed by atoms with E-state index in [-0.39, 0.29) is 0 Å². The summed E-state index contributed by atoms with van der Waals surface area (Å²) in [6.45, 7) is 2.31. The second-order valence-electron chi connectivity index (χ2n) is 4.84. The third-order valence-corrected chi connectivity index (χ3v) is 3.25. The van der Waals surface area contributed by atoms with Gasteiger partial charge in [-0.1, -0.05) is 12.8 Å². The van der Waals surface area contributed by atoms with Crippen LogP contribution in [0.3, 0.4) is 0 Å². The van der Waals surface area contributed by atoms with Crippen LogP contribution in [-0.2, 0) is 6.54 Å². The second-order valence-corrected chi connectivity index (χ2v) is 4.84. The number of unbranched alkanes of at least 4 members (excludes halogenated alkanes) is 3. The molecule has 96 valence electrons. The van der Waals surface area contributed by atoms with Gasteiger partial charge >= 0.3 is 0 Å². The van der Waals surface area contributed by atoms with E-state index in [0.717, 1.165) is 32.0 Å². The van der Waals surface area contributed by atoms with E-state index in [9.17, 15) is 0 Å². The monoisotopic (exact) mass is 237 g/mol. The van der Waals surface area contributed by atoms with Crippen LogP contribution >= 0.6 is 0 Å². The van der Waals surface area contributed by atoms with Crippen molar-refractivity contribution in [3.8, 4) is 0 Å². The summed E-state index contributed by atoms with van der Waals surface area (Å²) in [6, 6.07) is 0.721. The number of aliphatic hydroxyl groups excluding tert-OH is 1. The molecular formula is C13H23N3O. The van der Waals surface area contributed by atoms with Crippen LogP contribution in [0.5, 0.6) is 0 Å². The molecule has 2 rings (SSSR count). The van der Waals surface area contributed by atoms with Crippen molar-refractivity contribution in [3.05, 3.63) is 18.2 Å². The normalized spacial score (nSPS) is 15.4. The highest BCUT2D eigenvalue weighted by atomic mass is 16.2. The van der Waals surface area contributed by atoms with E-state index in [1.54, 1.807) is 0 Å². The Balaban J connectivity index is 1.56. The minimum atomic E-state index is 0.327. The number of hydrogen-bond acceptors (Lipinski definition) is 3. The predicted molar refractivity (Wildman–Crippen MR) is 67.8 cm³/mol. The van der Waals surface area contributed by atoms with Crippen molar-refractivity contribution in [1.29, 1.82) is 0 Å². The van der Waals surface area contributed by atoms with Gasteiger partial charge in [-0.2, -0.15) is 0 Å². The lowest BCUT2D eigenvalue weighted by Crippen LogP contribution is -2.17. The zero-order valence-corrected chi connectivity index (χ0v) is 10.4. The molecule has 0 amide bonds. The second kappa shape index (κ2) is 6.77. The zero-order valence-electron chi connectivity index (χ0n) is 10.4. The maximum Gasteiger partial charge on any atom is 0.0951 e. The molecule has 1 heterocycles. The van der Waals surface area contributed by atoms with Gasteiger partial charge in [-0.05, 0) is 32.2 Å². The molecule has 4 nitrogen and oxygen atoms in total. The summed E-state index contributed by atoms with van der Waals surface area (Å²) >= 11 is 0. The Morgan fingerprint density at radius 2 is 2.12 bits per heavy atom. The van der Waals surface area contributed by atoms with Gasteiger partial charge in [-0.3, -0.25) is 0 Å². The number of hydrogen-bond donors (Lipinski definition) is 2. The highest BCUT2D eigenvalue weighted by Crippen LogP contribution is 2.35. The van der Waals surface area contributed by atoms with E-state index in [4.69, 9.17) is 5.11 Å². The van der Waals surface area contributed by atoms with E-state index < -0.39 is 0 Å². The lowest BCUT2D eigenvalue weighted by molar-refractivity contribution is 0.282. The molecule has 1 aromatic rings. The van der Waals surface area contributed by atoms with Crippen molar-refractivity contribution in [2.45, 2.75) is 51.1 Å². The topological polar surface area (TPSA) is 50.1 Å². The van der Waals surface area contributed by atoms with Gasteiger partial charge in [0.25, 0.3) is 0 Å². The number of nitrogens with one attached hydrogen (secondary N) is 1. The van der Waals surface area contributed by atoms with Crippen molar-refractivity contribution < 1.29 is 5.11 Å². The molecule has 0 spiro atoms. The number of aliphatic hydroxyl groups is 1. The fourth-order valence-corrected chi connectivity index (χ4v) is 2.08. The van der Waals surface area contributed by atoms with Gasteiger partial charge in [0, 0.05) is 25.4 Å². The van der Waals surface area contributed by atoms with Crippen molar-refractivity contribution in [3.63, 3.8) is 0 Å². The predicted octanol–water partition coefficient (Wildman–Crippen LogP) is 1.86. The van der Waals surface area contributed by atoms with Crippen LogP contribution in [0.15, 0.2) is 12.5 Å². The van der Waals surface area contributed by atoms with Crippen molar-refractivity contribution in [1.82, 2.24) is 14.9 Å². The molecule has 1 saturated carbocycles. The van der Waals surface area contributed by atoms with E-state index in [0.29, 0.717) is 6.61 Å². The fraction of sp³-hybridized carbons (Fsp3) is 0.769. The van der Waals surface area contributed by atoms with E-state index in [1.807, 2.05) is 12.5 Å². The lowest BCUT2D eigenvalue weighted by atomic mass is 10.2. The highest BCUT2D eigenvalue weighted by molar-refractivity contribution is 5.03. The highest BCUT2D eigenvalue weighted by Gasteiger charge is 2.24. The molecule has 1 aromatic heterocycles. The van der Waals surface area contributed by atoms with Gasteiger partial charge in [0.05, 0.1) is 12.0 Å². The van der Waals surface area contributed by atoms with Crippen molar-refractivity contribution >= 4 is 0 Å². The van der Waals surface area contributed by atoms with Crippen LogP contribution in [0.2, 0.25) is 0 Å². The van der Waals surface area contributed by atoms with E-state index in [2.05, 4.69) is 14.9 Å². The molecule has 4 heteroatoms. The molecule has 1 aliphatic carbocycles. The maximum atomic E-state index is 8.66. The summed E-state index contributed by atoms with van der Waals surface area (Å²) in [6.07, 6.45) is 11.0. The first-order chi connectivity index (χ1) is 8.42. The first-order valence-corrected chi connectivity index (χ1v) is 6.74. The van der Waals surface area contributed by atoms with Gasteiger partial charge in [0.2, 0.25) is 0 Å². The van der Waals surface area contributed by atoms with Crippen LogP contribution < -0.4 is 5.32 Å². The minimum absolute atomic E-state index is 0.327. The summed E-state index contributed by atoms with van der Waals surface area (Å²) in [7, 11) is 0. The van der Waals surface area contributed by atoms with Gasteiger partial charge < -0.3 is 15.0 Å². The summed E-state index contributed by atoms with van der Waals surface area (Å²) < 4.78 is 2.30. The summed E-state index contributed by atoms with van der Waals surface area (Å²) in [4.78, 5) is 4.22. The summed E-state index contributed by atoms with van der Waals surface area (Å²) in [5.41, 5.74) is 1.31. The van der Waals surface area contributed by atoms with Gasteiger partial charge in [0.1, 0.15) is 0 Å². The van der Waals surface area contributed by atoms with Gasteiger partial charge in [-0.25, -0.2) is 4.98 Å². The maximum absolute atomic E-state index is 8.66. The number of rotatable bonds is 9. The third kappa shape index (κ3) is 4.13. The molecule has 0 bridgehead atoms. The van der Waals surface area contributed by atoms with Crippen molar-refractivity contribution in [2.75, 3.05) is 13.2 Å². The van der Waals surface area contributed by atoms with Crippen LogP contribution in [0.25, 0.3) is 0 Å². The SMILES string of the molecule is OCCCCCCNCc1cncn1C1CC1. The molecule has 0 aromatic carbocycles. The number of nitrogens with zero attached hydrogens (tertiary/aromatic N) is 2. The Labute approximate surface area is 103 Å². The first-order valence-electron chi connectivity index (χ1n) is 6.74. The third-order valence-electron chi connectivity index (χ3n) is 3.25. The van der Waals surface area contributed by atoms with Gasteiger partial charge in [0.15, 0.2) is 0 Å². The lowest BCUT2D eigenvalue weighted by Gasteiger charge is -2.07. The molecule has 0 atom stereocenters. The Hall–Kier alpha value is -0.870. The van der Waals surface area contributed by atoms with E-state index in [1.165, 1.54) is 31.4 Å². The van der Waals surface area contributed by atoms with Crippen LogP contribution in [0.1, 0.15) is 50.3 Å². The average Bonchev–Trinajstić information content (AvgIpc) is 3.08. The summed E-state index contributed by atoms with van der Waals surface area (Å²) in [5.74, 6) is 0. The molecule has 2 N–H and O–H groups in total. The minimum Gasteiger partial charge on any atom is -0.396 e. The Bertz CT molecular complexity index is 320. The van der Waals surface area contributed by atoms with Crippen LogP contribution in [0, 0.1) is 0 Å². The number of aromatic nitrogens is 2. The van der Waals surface area contributed by atoms with Crippen molar-refractivity contribution in [2.24, 2.45) is 0 Å². The quantitative estimate of drug-likeness (QED) is 0.645. The number of imidazole rings is 1. The molecule has 1 aliphatic rings. The average molecular weight is 237 g/mol. The standard InChI is InChI=1S/C13H23N3O/c17-8-4-2-1-3-7-14-9-13-10-15-11-16(13)12-5-6-12/h10-12,14,17H,1-9H2. The first kappa shape index (κ1) is 12.6. The van der Waals surface area contributed by atoms with Crippen LogP contribution in [0.4, 0.5) is 0 Å². The Morgan fingerprint density at radius 3 is 2.88 bits per heavy atom. The Morgan fingerprint density at radius 1 is 1.29 bits per heavy atom. The van der Waals surface area contributed by atoms with Gasteiger partial charge in [-0.15, -0.1) is 0 Å². The zero-order chi connectivity index (χ0) is 11.9. The fourth-order valence-electron chi connectivity index (χ4n) is 2.08. The molecular weight excluding hydrogens is 214 g/mol. The molecule has 1 fully saturated rings. The smallest absolute Gasteiger partial charge is 0.0951 e. The molecule has 17 heavy (non-hydrogen) atoms. The molecule has 0 radical (unpaired) electrons. The summed E-state index contributed by atoms with van der Waals surface area (Å²) in [5, 5.41) is 12.1. The van der Waals surface area contributed by atoms with Crippen LogP contribution in [-0.4, -0.2) is 27.8 Å².